The smallest absolute Gasteiger partial charge is 0.274 e. The summed E-state index contributed by atoms with van der Waals surface area (Å²) in [7, 11) is 0. The van der Waals surface area contributed by atoms with Gasteiger partial charge in [-0.1, -0.05) is 54.6 Å². The second-order valence-electron chi connectivity index (χ2n) is 5.08. The van der Waals surface area contributed by atoms with Crippen molar-refractivity contribution in [2.24, 2.45) is 5.84 Å². The van der Waals surface area contributed by atoms with Crippen molar-refractivity contribution in [3.8, 4) is 0 Å². The average molecular weight is 318 g/mol. The number of benzene rings is 3. The fourth-order valence-corrected chi connectivity index (χ4v) is 2.47. The predicted octanol–water partition coefficient (Wildman–Crippen LogP) is 3.83. The molecular weight excluding hydrogens is 300 g/mol. The van der Waals surface area contributed by atoms with E-state index in [4.69, 9.17) is 5.84 Å². The molecule has 0 aliphatic rings. The van der Waals surface area contributed by atoms with E-state index in [-0.39, 0.29) is 0 Å². The van der Waals surface area contributed by atoms with Gasteiger partial charge in [-0.05, 0) is 36.4 Å². The molecule has 0 radical (unpaired) electrons. The van der Waals surface area contributed by atoms with Crippen LogP contribution in [0.1, 0.15) is 0 Å². The number of para-hydroxylation sites is 3. The third kappa shape index (κ3) is 3.21. The number of nitrogens with one attached hydrogen (secondary N) is 1. The molecule has 0 fully saturated rings. The Labute approximate surface area is 140 Å². The fraction of sp³-hybridized carbons (Fsp3) is 0. The van der Waals surface area contributed by atoms with Crippen molar-refractivity contribution in [1.82, 2.24) is 5.43 Å². The van der Waals surface area contributed by atoms with Crippen LogP contribution >= 0.6 is 0 Å². The van der Waals surface area contributed by atoms with Crippen molar-refractivity contribution >= 4 is 23.1 Å². The Morgan fingerprint density at radius 2 is 1.04 bits per heavy atom. The van der Waals surface area contributed by atoms with Gasteiger partial charge in [0.1, 0.15) is 0 Å². The predicted molar refractivity (Wildman–Crippen MR) is 96.7 cm³/mol. The van der Waals surface area contributed by atoms with Crippen molar-refractivity contribution < 1.29 is 4.79 Å². The lowest BCUT2D eigenvalue weighted by atomic mass is 10.2. The molecule has 5 nitrogen and oxygen atoms in total. The van der Waals surface area contributed by atoms with Crippen LogP contribution in [0.15, 0.2) is 91.0 Å². The molecule has 5 heteroatoms. The molecule has 0 saturated heterocycles. The van der Waals surface area contributed by atoms with Crippen LogP contribution in [0.2, 0.25) is 0 Å². The van der Waals surface area contributed by atoms with Crippen LogP contribution in [0.5, 0.6) is 0 Å². The molecule has 0 atom stereocenters. The van der Waals surface area contributed by atoms with Crippen molar-refractivity contribution in [2.75, 3.05) is 10.0 Å². The number of hydrogen-bond donors (Lipinski definition) is 2. The quantitative estimate of drug-likeness (QED) is 0.436. The summed E-state index contributed by atoms with van der Waals surface area (Å²) in [5.41, 5.74) is 4.62. The molecule has 3 aromatic carbocycles. The Bertz CT molecular complexity index is 739. The van der Waals surface area contributed by atoms with Crippen LogP contribution in [0.4, 0.5) is 21.9 Å². The Morgan fingerprint density at radius 1 is 0.667 bits per heavy atom. The molecular formula is C19H18N4O. The third-order valence-electron chi connectivity index (χ3n) is 3.52. The minimum absolute atomic E-state index is 0.436. The minimum Gasteiger partial charge on any atom is -0.274 e. The number of nitrogens with two attached hydrogens (primary N) is 1. The van der Waals surface area contributed by atoms with E-state index in [9.17, 15) is 4.79 Å². The highest BCUT2D eigenvalue weighted by atomic mass is 16.2. The normalized spacial score (nSPS) is 10.0. The lowest BCUT2D eigenvalue weighted by Gasteiger charge is -2.36. The zero-order valence-electron chi connectivity index (χ0n) is 13.0. The van der Waals surface area contributed by atoms with Gasteiger partial charge in [-0.15, -0.1) is 0 Å². The maximum atomic E-state index is 12.5. The molecule has 0 bridgehead atoms. The average Bonchev–Trinajstić information content (AvgIpc) is 2.67. The van der Waals surface area contributed by atoms with Crippen molar-refractivity contribution in [2.45, 2.75) is 0 Å². The molecule has 120 valence electrons. The number of anilines is 3. The number of nitrogens with zero attached hydrogens (tertiary/aromatic N) is 2. The molecule has 3 rings (SSSR count). The van der Waals surface area contributed by atoms with E-state index in [0.717, 1.165) is 11.4 Å². The van der Waals surface area contributed by atoms with E-state index in [1.54, 1.807) is 0 Å². The summed E-state index contributed by atoms with van der Waals surface area (Å²) in [4.78, 5) is 12.5. The first kappa shape index (κ1) is 15.6. The van der Waals surface area contributed by atoms with Gasteiger partial charge in [0, 0.05) is 0 Å². The van der Waals surface area contributed by atoms with Gasteiger partial charge in [-0.2, -0.15) is 5.01 Å². The van der Waals surface area contributed by atoms with E-state index in [1.165, 1.54) is 5.01 Å². The van der Waals surface area contributed by atoms with Crippen molar-refractivity contribution in [1.29, 1.82) is 0 Å². The minimum atomic E-state index is -0.436. The van der Waals surface area contributed by atoms with Crippen LogP contribution in [0.25, 0.3) is 0 Å². The highest BCUT2D eigenvalue weighted by molar-refractivity contribution is 5.96. The second kappa shape index (κ2) is 7.30. The van der Waals surface area contributed by atoms with Crippen molar-refractivity contribution in [3.63, 3.8) is 0 Å². The lowest BCUT2D eigenvalue weighted by molar-refractivity contribution is 0.246. The van der Waals surface area contributed by atoms with Gasteiger partial charge in [-0.3, -0.25) is 5.43 Å². The molecule has 0 aliphatic heterocycles. The third-order valence-corrected chi connectivity index (χ3v) is 3.52. The van der Waals surface area contributed by atoms with Crippen molar-refractivity contribution in [3.05, 3.63) is 91.0 Å². The summed E-state index contributed by atoms with van der Waals surface area (Å²) >= 11 is 0. The standard InChI is InChI=1S/C19H18N4O/c20-21-19(24)23(18-14-8-3-9-15-18)22(16-10-4-1-5-11-16)17-12-6-2-7-13-17/h1-15H,20H2,(H,21,24). The lowest BCUT2D eigenvalue weighted by Crippen LogP contribution is -2.51. The van der Waals surface area contributed by atoms with E-state index in [0.29, 0.717) is 5.69 Å². The molecule has 0 heterocycles. The van der Waals surface area contributed by atoms with E-state index in [1.807, 2.05) is 96.0 Å². The second-order valence-corrected chi connectivity index (χ2v) is 5.08. The zero-order valence-corrected chi connectivity index (χ0v) is 13.0. The van der Waals surface area contributed by atoms with Gasteiger partial charge in [0.2, 0.25) is 0 Å². The van der Waals surface area contributed by atoms with Crippen LogP contribution in [0, 0.1) is 0 Å². The van der Waals surface area contributed by atoms with Gasteiger partial charge >= 0.3 is 6.03 Å². The Balaban J connectivity index is 2.16. The Morgan fingerprint density at radius 3 is 1.42 bits per heavy atom. The molecule has 0 unspecified atom stereocenters. The van der Waals surface area contributed by atoms with Gasteiger partial charge in [-0.25, -0.2) is 15.6 Å². The molecule has 3 N–H and O–H groups in total. The van der Waals surface area contributed by atoms with Crippen LogP contribution in [0.3, 0.4) is 0 Å². The molecule has 3 aromatic rings. The van der Waals surface area contributed by atoms with E-state index in [2.05, 4.69) is 5.43 Å². The summed E-state index contributed by atoms with van der Waals surface area (Å²) in [6.45, 7) is 0. The SMILES string of the molecule is NNC(=O)N(c1ccccc1)N(c1ccccc1)c1ccccc1. The number of hydrogen-bond acceptors (Lipinski definition) is 3. The molecule has 2 amide bonds. The summed E-state index contributed by atoms with van der Waals surface area (Å²) in [6, 6.07) is 28.2. The highest BCUT2D eigenvalue weighted by Crippen LogP contribution is 2.30. The van der Waals surface area contributed by atoms with Gasteiger partial charge in [0.15, 0.2) is 0 Å². The summed E-state index contributed by atoms with van der Waals surface area (Å²) in [5, 5.41) is 3.32. The summed E-state index contributed by atoms with van der Waals surface area (Å²) in [6.07, 6.45) is 0. The number of carbonyl (C=O) groups is 1. The largest absolute Gasteiger partial charge is 0.355 e. The van der Waals surface area contributed by atoms with Crippen LogP contribution in [-0.4, -0.2) is 6.03 Å². The maximum absolute atomic E-state index is 12.5. The first-order valence-electron chi connectivity index (χ1n) is 7.57. The first-order valence-corrected chi connectivity index (χ1v) is 7.57. The fourth-order valence-electron chi connectivity index (χ4n) is 2.47. The molecule has 0 spiro atoms. The van der Waals surface area contributed by atoms with E-state index >= 15 is 0 Å². The number of hydrazine groups is 2. The maximum Gasteiger partial charge on any atom is 0.355 e. The Hall–Kier alpha value is -3.31. The van der Waals surface area contributed by atoms with Crippen LogP contribution < -0.4 is 21.3 Å². The number of urea groups is 1. The highest BCUT2D eigenvalue weighted by Gasteiger charge is 2.24. The van der Waals surface area contributed by atoms with Gasteiger partial charge < -0.3 is 0 Å². The molecule has 0 aromatic heterocycles. The molecule has 0 saturated carbocycles. The Kier molecular flexibility index (Phi) is 4.74. The van der Waals surface area contributed by atoms with Gasteiger partial charge in [0.05, 0.1) is 17.1 Å². The number of rotatable bonds is 4. The number of carbonyl (C=O) groups excluding carboxylic acids is 1. The molecule has 0 aliphatic carbocycles. The monoisotopic (exact) mass is 318 g/mol. The first-order chi connectivity index (χ1) is 11.8. The van der Waals surface area contributed by atoms with Crippen LogP contribution in [-0.2, 0) is 0 Å². The van der Waals surface area contributed by atoms with E-state index < -0.39 is 6.03 Å². The number of amides is 2. The summed E-state index contributed by atoms with van der Waals surface area (Å²) in [5.74, 6) is 5.44. The summed E-state index contributed by atoms with van der Waals surface area (Å²) < 4.78 is 0. The van der Waals surface area contributed by atoms with Gasteiger partial charge in [0.25, 0.3) is 0 Å². The topological polar surface area (TPSA) is 61.6 Å². The molecule has 24 heavy (non-hydrogen) atoms. The zero-order chi connectivity index (χ0) is 16.8.